The van der Waals surface area contributed by atoms with Crippen molar-refractivity contribution < 1.29 is 4.42 Å². The third-order valence-corrected chi connectivity index (χ3v) is 2.92. The lowest BCUT2D eigenvalue weighted by Gasteiger charge is -2.04. The number of nitrogens with one attached hydrogen (secondary N) is 1. The third-order valence-electron chi connectivity index (χ3n) is 2.92. The Morgan fingerprint density at radius 3 is 2.83 bits per heavy atom. The number of rotatable bonds is 6. The normalized spacial score (nSPS) is 11.1. The molecule has 2 heterocycles. The first-order valence-corrected chi connectivity index (χ1v) is 6.40. The first-order valence-electron chi connectivity index (χ1n) is 6.40. The first kappa shape index (κ1) is 12.8. The van der Waals surface area contributed by atoms with E-state index >= 15 is 0 Å². The maximum atomic E-state index is 5.53. The molecule has 5 nitrogen and oxygen atoms in total. The Kier molecular flexibility index (Phi) is 4.15. The molecule has 0 aliphatic heterocycles. The summed E-state index contributed by atoms with van der Waals surface area (Å²) in [6.07, 6.45) is 3.47. The largest absolute Gasteiger partial charge is 0.467 e. The lowest BCUT2D eigenvalue weighted by Crippen LogP contribution is -2.10. The van der Waals surface area contributed by atoms with Crippen LogP contribution in [0.3, 0.4) is 0 Å². The predicted molar refractivity (Wildman–Crippen MR) is 69.4 cm³/mol. The van der Waals surface area contributed by atoms with Gasteiger partial charge in [0.25, 0.3) is 0 Å². The molecule has 98 valence electrons. The highest BCUT2D eigenvalue weighted by Gasteiger charge is 2.11. The second-order valence-electron chi connectivity index (χ2n) is 4.21. The van der Waals surface area contributed by atoms with Crippen LogP contribution in [-0.2, 0) is 25.9 Å². The van der Waals surface area contributed by atoms with Crippen molar-refractivity contribution >= 4 is 0 Å². The quantitative estimate of drug-likeness (QED) is 0.846. The van der Waals surface area contributed by atoms with Crippen molar-refractivity contribution in [3.63, 3.8) is 0 Å². The van der Waals surface area contributed by atoms with Gasteiger partial charge in [-0.1, -0.05) is 13.8 Å². The molecule has 0 aliphatic rings. The summed E-state index contributed by atoms with van der Waals surface area (Å²) in [5.41, 5.74) is 1.17. The van der Waals surface area contributed by atoms with Gasteiger partial charge in [-0.15, -0.1) is 0 Å². The average molecular weight is 248 g/mol. The fourth-order valence-corrected chi connectivity index (χ4v) is 1.95. The Hall–Kier alpha value is -1.62. The van der Waals surface area contributed by atoms with Crippen molar-refractivity contribution in [3.05, 3.63) is 35.3 Å². The van der Waals surface area contributed by atoms with Gasteiger partial charge >= 0.3 is 0 Å². The van der Waals surface area contributed by atoms with Gasteiger partial charge in [-0.2, -0.15) is 5.10 Å². The summed E-state index contributed by atoms with van der Waals surface area (Å²) in [5, 5.41) is 7.64. The van der Waals surface area contributed by atoms with Crippen LogP contribution in [0.15, 0.2) is 16.7 Å². The van der Waals surface area contributed by atoms with Crippen molar-refractivity contribution in [2.75, 3.05) is 7.05 Å². The van der Waals surface area contributed by atoms with Crippen LogP contribution in [0, 0.1) is 0 Å². The molecule has 2 aromatic rings. The number of nitrogens with zero attached hydrogens (tertiary/aromatic N) is 3. The Morgan fingerprint density at radius 2 is 2.17 bits per heavy atom. The minimum absolute atomic E-state index is 0.653. The molecule has 0 spiro atoms. The fourth-order valence-electron chi connectivity index (χ4n) is 1.95. The van der Waals surface area contributed by atoms with Gasteiger partial charge < -0.3 is 9.73 Å². The molecule has 0 aromatic carbocycles. The standard InChI is InChI=1S/C13H20N4O/c1-4-12-15-13(5-2)17(16-12)9-11-10(8-14-3)6-7-18-11/h6-7,14H,4-5,8-9H2,1-3H3. The van der Waals surface area contributed by atoms with E-state index in [1.165, 1.54) is 5.56 Å². The van der Waals surface area contributed by atoms with Crippen LogP contribution in [0.4, 0.5) is 0 Å². The third kappa shape index (κ3) is 2.61. The minimum Gasteiger partial charge on any atom is -0.467 e. The number of hydrogen-bond acceptors (Lipinski definition) is 4. The van der Waals surface area contributed by atoms with E-state index in [1.807, 2.05) is 17.8 Å². The van der Waals surface area contributed by atoms with Crippen molar-refractivity contribution in [1.82, 2.24) is 20.1 Å². The number of aromatic nitrogens is 3. The summed E-state index contributed by atoms with van der Waals surface area (Å²) >= 11 is 0. The molecule has 0 fully saturated rings. The van der Waals surface area contributed by atoms with E-state index in [1.54, 1.807) is 6.26 Å². The van der Waals surface area contributed by atoms with E-state index in [0.29, 0.717) is 6.54 Å². The topological polar surface area (TPSA) is 55.9 Å². The van der Waals surface area contributed by atoms with Crippen molar-refractivity contribution in [2.24, 2.45) is 0 Å². The molecule has 0 bridgehead atoms. The summed E-state index contributed by atoms with van der Waals surface area (Å²) in [4.78, 5) is 4.50. The highest BCUT2D eigenvalue weighted by molar-refractivity contribution is 5.17. The Bertz CT molecular complexity index is 501. The Labute approximate surface area is 107 Å². The Morgan fingerprint density at radius 1 is 1.33 bits per heavy atom. The molecular weight excluding hydrogens is 228 g/mol. The molecule has 18 heavy (non-hydrogen) atoms. The zero-order valence-electron chi connectivity index (χ0n) is 11.2. The highest BCUT2D eigenvalue weighted by Crippen LogP contribution is 2.13. The lowest BCUT2D eigenvalue weighted by atomic mass is 10.2. The van der Waals surface area contributed by atoms with Crippen LogP contribution in [0.2, 0.25) is 0 Å². The molecule has 0 saturated heterocycles. The van der Waals surface area contributed by atoms with E-state index in [9.17, 15) is 0 Å². The average Bonchev–Trinajstić information content (AvgIpc) is 2.97. The van der Waals surface area contributed by atoms with E-state index < -0.39 is 0 Å². The van der Waals surface area contributed by atoms with Gasteiger partial charge in [0.2, 0.25) is 0 Å². The van der Waals surface area contributed by atoms with Gasteiger partial charge in [0, 0.05) is 24.9 Å². The molecule has 0 amide bonds. The van der Waals surface area contributed by atoms with Crippen LogP contribution >= 0.6 is 0 Å². The highest BCUT2D eigenvalue weighted by atomic mass is 16.3. The predicted octanol–water partition coefficient (Wildman–Crippen LogP) is 1.76. The summed E-state index contributed by atoms with van der Waals surface area (Å²) in [6.45, 7) is 5.62. The minimum atomic E-state index is 0.653. The van der Waals surface area contributed by atoms with E-state index in [2.05, 4.69) is 29.2 Å². The van der Waals surface area contributed by atoms with E-state index in [0.717, 1.165) is 36.8 Å². The lowest BCUT2D eigenvalue weighted by molar-refractivity contribution is 0.466. The summed E-state index contributed by atoms with van der Waals surface area (Å²) in [5.74, 6) is 2.86. The first-order chi connectivity index (χ1) is 8.78. The van der Waals surface area contributed by atoms with Crippen molar-refractivity contribution in [2.45, 2.75) is 39.8 Å². The molecule has 0 aliphatic carbocycles. The molecule has 1 N–H and O–H groups in total. The van der Waals surface area contributed by atoms with Gasteiger partial charge in [-0.05, 0) is 13.1 Å². The van der Waals surface area contributed by atoms with Gasteiger partial charge in [-0.25, -0.2) is 9.67 Å². The van der Waals surface area contributed by atoms with Crippen molar-refractivity contribution in [3.8, 4) is 0 Å². The molecule has 0 saturated carbocycles. The summed E-state index contributed by atoms with van der Waals surface area (Å²) in [7, 11) is 1.93. The summed E-state index contributed by atoms with van der Waals surface area (Å²) in [6, 6.07) is 2.00. The molecular formula is C13H20N4O. The Balaban J connectivity index is 2.22. The zero-order valence-corrected chi connectivity index (χ0v) is 11.2. The zero-order chi connectivity index (χ0) is 13.0. The maximum Gasteiger partial charge on any atom is 0.150 e. The smallest absolute Gasteiger partial charge is 0.150 e. The molecule has 0 unspecified atom stereocenters. The number of furan rings is 1. The second-order valence-corrected chi connectivity index (χ2v) is 4.21. The van der Waals surface area contributed by atoms with Crippen LogP contribution in [0.1, 0.15) is 36.8 Å². The van der Waals surface area contributed by atoms with Crippen LogP contribution < -0.4 is 5.32 Å². The fraction of sp³-hybridized carbons (Fsp3) is 0.538. The molecule has 0 atom stereocenters. The van der Waals surface area contributed by atoms with Gasteiger partial charge in [0.05, 0.1) is 6.26 Å². The van der Waals surface area contributed by atoms with Gasteiger partial charge in [0.1, 0.15) is 18.1 Å². The maximum absolute atomic E-state index is 5.53. The molecule has 2 rings (SSSR count). The van der Waals surface area contributed by atoms with Crippen LogP contribution in [0.25, 0.3) is 0 Å². The second kappa shape index (κ2) is 5.82. The molecule has 5 heteroatoms. The molecule has 2 aromatic heterocycles. The van der Waals surface area contributed by atoms with Crippen molar-refractivity contribution in [1.29, 1.82) is 0 Å². The number of hydrogen-bond donors (Lipinski definition) is 1. The van der Waals surface area contributed by atoms with Crippen LogP contribution in [0.5, 0.6) is 0 Å². The van der Waals surface area contributed by atoms with E-state index in [-0.39, 0.29) is 0 Å². The van der Waals surface area contributed by atoms with Gasteiger partial charge in [0.15, 0.2) is 5.82 Å². The van der Waals surface area contributed by atoms with E-state index in [4.69, 9.17) is 4.42 Å². The number of aryl methyl sites for hydroxylation is 2. The van der Waals surface area contributed by atoms with Gasteiger partial charge in [-0.3, -0.25) is 0 Å². The monoisotopic (exact) mass is 248 g/mol. The summed E-state index contributed by atoms with van der Waals surface area (Å²) < 4.78 is 7.48. The molecule has 0 radical (unpaired) electrons. The SMILES string of the molecule is CCc1nc(CC)n(Cc2occc2CNC)n1. The van der Waals surface area contributed by atoms with Crippen LogP contribution in [-0.4, -0.2) is 21.8 Å².